The van der Waals surface area contributed by atoms with Gasteiger partial charge in [-0.25, -0.2) is 0 Å². The molecule has 0 heterocycles. The molecule has 0 spiro atoms. The second-order valence-corrected chi connectivity index (χ2v) is 5.48. The summed E-state index contributed by atoms with van der Waals surface area (Å²) < 4.78 is 5.19. The molecule has 0 amide bonds. The quantitative estimate of drug-likeness (QED) is 0.687. The standard InChI is InChI=1S/C19H24O/c1-4-15(2)5-6-16-7-9-17(10-8-16)18-11-13-19(20-3)14-12-18/h7-15H,4-6H2,1-3H3. The SMILES string of the molecule is CCC(C)CCc1ccc(-c2ccc(OC)cc2)cc1. The minimum absolute atomic E-state index is 0.816. The fraction of sp³-hybridized carbons (Fsp3) is 0.368. The molecule has 0 bridgehead atoms. The van der Waals surface area contributed by atoms with Gasteiger partial charge in [0.25, 0.3) is 0 Å². The van der Waals surface area contributed by atoms with Crippen LogP contribution in [0.3, 0.4) is 0 Å². The fourth-order valence-electron chi connectivity index (χ4n) is 2.26. The third-order valence-electron chi connectivity index (χ3n) is 4.00. The van der Waals surface area contributed by atoms with E-state index >= 15 is 0 Å². The maximum atomic E-state index is 5.19. The van der Waals surface area contributed by atoms with Crippen molar-refractivity contribution in [2.24, 2.45) is 5.92 Å². The van der Waals surface area contributed by atoms with E-state index in [9.17, 15) is 0 Å². The minimum atomic E-state index is 0.816. The lowest BCUT2D eigenvalue weighted by atomic mass is 9.97. The van der Waals surface area contributed by atoms with Crippen LogP contribution in [0.4, 0.5) is 0 Å². The van der Waals surface area contributed by atoms with Gasteiger partial charge in [-0.15, -0.1) is 0 Å². The predicted molar refractivity (Wildman–Crippen MR) is 86.2 cm³/mol. The first kappa shape index (κ1) is 14.6. The van der Waals surface area contributed by atoms with Crippen LogP contribution in [-0.2, 0) is 6.42 Å². The van der Waals surface area contributed by atoms with Gasteiger partial charge in [-0.1, -0.05) is 56.7 Å². The first-order valence-corrected chi connectivity index (χ1v) is 7.46. The van der Waals surface area contributed by atoms with Crippen molar-refractivity contribution < 1.29 is 4.74 Å². The highest BCUT2D eigenvalue weighted by molar-refractivity contribution is 5.64. The normalized spacial score (nSPS) is 12.2. The van der Waals surface area contributed by atoms with Crippen LogP contribution in [0.15, 0.2) is 48.5 Å². The first-order valence-electron chi connectivity index (χ1n) is 7.46. The molecule has 1 unspecified atom stereocenters. The number of rotatable bonds is 6. The lowest BCUT2D eigenvalue weighted by Gasteiger charge is -2.09. The van der Waals surface area contributed by atoms with E-state index in [-0.39, 0.29) is 0 Å². The molecule has 2 rings (SSSR count). The van der Waals surface area contributed by atoms with Crippen molar-refractivity contribution in [3.05, 3.63) is 54.1 Å². The van der Waals surface area contributed by atoms with Crippen LogP contribution in [0.1, 0.15) is 32.3 Å². The molecule has 0 aliphatic heterocycles. The topological polar surface area (TPSA) is 9.23 Å². The van der Waals surface area contributed by atoms with Crippen LogP contribution >= 0.6 is 0 Å². The minimum Gasteiger partial charge on any atom is -0.497 e. The molecule has 1 atom stereocenters. The smallest absolute Gasteiger partial charge is 0.118 e. The van der Waals surface area contributed by atoms with Crippen LogP contribution in [-0.4, -0.2) is 7.11 Å². The van der Waals surface area contributed by atoms with Crippen molar-refractivity contribution in [1.29, 1.82) is 0 Å². The van der Waals surface area contributed by atoms with Crippen molar-refractivity contribution in [1.82, 2.24) is 0 Å². The second-order valence-electron chi connectivity index (χ2n) is 5.48. The molecular weight excluding hydrogens is 244 g/mol. The van der Waals surface area contributed by atoms with E-state index in [1.54, 1.807) is 7.11 Å². The van der Waals surface area contributed by atoms with Crippen LogP contribution < -0.4 is 4.74 Å². The highest BCUT2D eigenvalue weighted by atomic mass is 16.5. The van der Waals surface area contributed by atoms with E-state index in [0.717, 1.165) is 11.7 Å². The Labute approximate surface area is 122 Å². The summed E-state index contributed by atoms with van der Waals surface area (Å²) in [7, 11) is 1.70. The van der Waals surface area contributed by atoms with Gasteiger partial charge in [0.1, 0.15) is 5.75 Å². The molecule has 0 N–H and O–H groups in total. The molecule has 1 nitrogen and oxygen atoms in total. The van der Waals surface area contributed by atoms with Crippen molar-refractivity contribution in [2.75, 3.05) is 7.11 Å². The monoisotopic (exact) mass is 268 g/mol. The Morgan fingerprint density at radius 2 is 1.45 bits per heavy atom. The number of methoxy groups -OCH3 is 1. The highest BCUT2D eigenvalue weighted by Crippen LogP contribution is 2.23. The molecule has 0 aromatic heterocycles. The molecule has 0 radical (unpaired) electrons. The van der Waals surface area contributed by atoms with E-state index in [1.165, 1.54) is 36.0 Å². The van der Waals surface area contributed by atoms with Crippen LogP contribution in [0.25, 0.3) is 11.1 Å². The van der Waals surface area contributed by atoms with Gasteiger partial charge in [0.2, 0.25) is 0 Å². The summed E-state index contributed by atoms with van der Waals surface area (Å²) in [6.45, 7) is 4.59. The molecular formula is C19H24O. The Morgan fingerprint density at radius 1 is 0.900 bits per heavy atom. The molecule has 0 aliphatic carbocycles. The second kappa shape index (κ2) is 7.14. The zero-order valence-corrected chi connectivity index (χ0v) is 12.7. The number of hydrogen-bond donors (Lipinski definition) is 0. The maximum Gasteiger partial charge on any atom is 0.118 e. The lowest BCUT2D eigenvalue weighted by Crippen LogP contribution is -1.95. The number of benzene rings is 2. The van der Waals surface area contributed by atoms with E-state index in [2.05, 4.69) is 50.2 Å². The average Bonchev–Trinajstić information content (AvgIpc) is 2.53. The zero-order chi connectivity index (χ0) is 14.4. The van der Waals surface area contributed by atoms with Gasteiger partial charge in [-0.2, -0.15) is 0 Å². The summed E-state index contributed by atoms with van der Waals surface area (Å²) >= 11 is 0. The fourth-order valence-corrected chi connectivity index (χ4v) is 2.26. The van der Waals surface area contributed by atoms with Gasteiger partial charge in [-0.05, 0) is 47.6 Å². The largest absolute Gasteiger partial charge is 0.497 e. The Hall–Kier alpha value is -1.76. The molecule has 0 saturated carbocycles. The highest BCUT2D eigenvalue weighted by Gasteiger charge is 2.02. The molecule has 20 heavy (non-hydrogen) atoms. The van der Waals surface area contributed by atoms with E-state index < -0.39 is 0 Å². The van der Waals surface area contributed by atoms with E-state index in [4.69, 9.17) is 4.74 Å². The Bertz CT molecular complexity index is 510. The first-order chi connectivity index (χ1) is 9.72. The molecule has 0 fully saturated rings. The van der Waals surface area contributed by atoms with Crippen molar-refractivity contribution in [3.8, 4) is 16.9 Å². The van der Waals surface area contributed by atoms with Crippen LogP contribution in [0.2, 0.25) is 0 Å². The van der Waals surface area contributed by atoms with Crippen molar-refractivity contribution >= 4 is 0 Å². The number of hydrogen-bond acceptors (Lipinski definition) is 1. The number of aryl methyl sites for hydroxylation is 1. The third-order valence-corrected chi connectivity index (χ3v) is 4.00. The molecule has 2 aromatic rings. The lowest BCUT2D eigenvalue weighted by molar-refractivity contribution is 0.415. The Morgan fingerprint density at radius 3 is 1.95 bits per heavy atom. The summed E-state index contributed by atoms with van der Waals surface area (Å²) in [4.78, 5) is 0. The Kier molecular flexibility index (Phi) is 5.23. The van der Waals surface area contributed by atoms with Gasteiger partial charge < -0.3 is 4.74 Å². The van der Waals surface area contributed by atoms with Crippen molar-refractivity contribution in [3.63, 3.8) is 0 Å². The van der Waals surface area contributed by atoms with E-state index in [0.29, 0.717) is 0 Å². The van der Waals surface area contributed by atoms with Gasteiger partial charge in [0, 0.05) is 0 Å². The summed E-state index contributed by atoms with van der Waals surface area (Å²) in [6, 6.07) is 17.2. The average molecular weight is 268 g/mol. The summed E-state index contributed by atoms with van der Waals surface area (Å²) in [5.41, 5.74) is 3.93. The van der Waals surface area contributed by atoms with Crippen molar-refractivity contribution in [2.45, 2.75) is 33.1 Å². The molecule has 0 aliphatic rings. The zero-order valence-electron chi connectivity index (χ0n) is 12.7. The molecule has 1 heteroatoms. The van der Waals surface area contributed by atoms with Gasteiger partial charge >= 0.3 is 0 Å². The Balaban J connectivity index is 2.03. The molecule has 2 aromatic carbocycles. The molecule has 0 saturated heterocycles. The van der Waals surface area contributed by atoms with Crippen LogP contribution in [0, 0.1) is 5.92 Å². The third kappa shape index (κ3) is 3.86. The summed E-state index contributed by atoms with van der Waals surface area (Å²) in [6.07, 6.45) is 3.72. The molecule has 106 valence electrons. The predicted octanol–water partition coefficient (Wildman–Crippen LogP) is 5.34. The summed E-state index contributed by atoms with van der Waals surface area (Å²) in [5.74, 6) is 1.72. The van der Waals surface area contributed by atoms with Crippen LogP contribution in [0.5, 0.6) is 5.75 Å². The van der Waals surface area contributed by atoms with Gasteiger partial charge in [0.15, 0.2) is 0 Å². The number of ether oxygens (including phenoxy) is 1. The van der Waals surface area contributed by atoms with Gasteiger partial charge in [0.05, 0.1) is 7.11 Å². The van der Waals surface area contributed by atoms with E-state index in [1.807, 2.05) is 12.1 Å². The summed E-state index contributed by atoms with van der Waals surface area (Å²) in [5, 5.41) is 0. The van der Waals surface area contributed by atoms with Gasteiger partial charge in [-0.3, -0.25) is 0 Å². The maximum absolute atomic E-state index is 5.19.